The van der Waals surface area contributed by atoms with Crippen LogP contribution in [0.5, 0.6) is 0 Å². The number of para-hydroxylation sites is 1. The third-order valence-electron chi connectivity index (χ3n) is 9.54. The van der Waals surface area contributed by atoms with E-state index in [-0.39, 0.29) is 42.4 Å². The first kappa shape index (κ1) is 29.3. The fourth-order valence-electron chi connectivity index (χ4n) is 6.97. The molecule has 0 bridgehead atoms. The zero-order chi connectivity index (χ0) is 30.5. The van der Waals surface area contributed by atoms with E-state index in [1.54, 1.807) is 24.9 Å². The molecule has 0 radical (unpaired) electrons. The summed E-state index contributed by atoms with van der Waals surface area (Å²) in [4.78, 5) is 50.6. The summed E-state index contributed by atoms with van der Waals surface area (Å²) in [5.41, 5.74) is 2.74. The number of rotatable bonds is 8. The van der Waals surface area contributed by atoms with Gasteiger partial charge in [-0.25, -0.2) is 9.69 Å². The number of urea groups is 1. The monoisotopic (exact) mass is 582 g/mol. The van der Waals surface area contributed by atoms with Crippen molar-refractivity contribution in [3.8, 4) is 0 Å². The van der Waals surface area contributed by atoms with Crippen molar-refractivity contribution in [3.63, 3.8) is 0 Å². The van der Waals surface area contributed by atoms with E-state index in [2.05, 4.69) is 36.4 Å². The maximum atomic E-state index is 14.0. The SMILES string of the molecule is CCC(NCC(=O)N1CC(C)(C)c2ccc(N3C(=O)N(Cc4ccnc5ccccc45)C(C)(C)C3=O)cc21)C1CCCN1. The molecule has 3 aliphatic heterocycles. The Morgan fingerprint density at radius 2 is 1.91 bits per heavy atom. The van der Waals surface area contributed by atoms with Crippen LogP contribution in [0.15, 0.2) is 54.7 Å². The van der Waals surface area contributed by atoms with Gasteiger partial charge in [0.25, 0.3) is 5.91 Å². The topological polar surface area (TPSA) is 97.9 Å². The molecule has 2 fully saturated rings. The molecule has 2 unspecified atom stereocenters. The van der Waals surface area contributed by atoms with Gasteiger partial charge in [-0.15, -0.1) is 0 Å². The zero-order valence-corrected chi connectivity index (χ0v) is 25.8. The second-order valence-corrected chi connectivity index (χ2v) is 13.2. The average Bonchev–Trinajstić information content (AvgIpc) is 3.66. The number of nitrogens with zero attached hydrogens (tertiary/aromatic N) is 4. The molecule has 0 spiro atoms. The predicted molar refractivity (Wildman–Crippen MR) is 169 cm³/mol. The van der Waals surface area contributed by atoms with Crippen LogP contribution >= 0.6 is 0 Å². The lowest BCUT2D eigenvalue weighted by atomic mass is 9.87. The lowest BCUT2D eigenvalue weighted by molar-refractivity contribution is -0.123. The number of anilines is 2. The maximum Gasteiger partial charge on any atom is 0.332 e. The molecule has 6 rings (SSSR count). The number of aromatic nitrogens is 1. The Kier molecular flexibility index (Phi) is 7.50. The van der Waals surface area contributed by atoms with Gasteiger partial charge in [-0.05, 0) is 75.0 Å². The van der Waals surface area contributed by atoms with Crippen molar-refractivity contribution in [1.29, 1.82) is 0 Å². The van der Waals surface area contributed by atoms with Crippen LogP contribution in [0.4, 0.5) is 16.2 Å². The standard InChI is InChI=1S/C34H42N6O3/c1-6-26(28-12-9-16-35-28)37-19-30(41)38-21-33(2,3)25-14-13-23(18-29(25)38)40-31(42)34(4,5)39(32(40)43)20-22-15-17-36-27-11-8-7-10-24(22)27/h7-8,10-11,13-15,17-18,26,28,35,37H,6,9,12,16,19-21H2,1-5H3. The molecule has 226 valence electrons. The van der Waals surface area contributed by atoms with Crippen LogP contribution in [0.25, 0.3) is 10.9 Å². The predicted octanol–water partition coefficient (Wildman–Crippen LogP) is 4.73. The molecule has 4 heterocycles. The van der Waals surface area contributed by atoms with E-state index in [4.69, 9.17) is 0 Å². The number of carbonyl (C=O) groups excluding carboxylic acids is 3. The molecule has 9 heteroatoms. The van der Waals surface area contributed by atoms with Gasteiger partial charge in [-0.3, -0.25) is 14.6 Å². The molecule has 2 saturated heterocycles. The molecule has 0 saturated carbocycles. The Hall–Kier alpha value is -3.82. The highest BCUT2D eigenvalue weighted by atomic mass is 16.2. The summed E-state index contributed by atoms with van der Waals surface area (Å²) in [5, 5.41) is 8.00. The molecule has 3 aromatic rings. The van der Waals surface area contributed by atoms with Crippen molar-refractivity contribution in [1.82, 2.24) is 20.5 Å². The minimum Gasteiger partial charge on any atom is -0.312 e. The largest absolute Gasteiger partial charge is 0.332 e. The first-order valence-electron chi connectivity index (χ1n) is 15.4. The Morgan fingerprint density at radius 3 is 2.65 bits per heavy atom. The van der Waals surface area contributed by atoms with Gasteiger partial charge < -0.3 is 20.4 Å². The smallest absolute Gasteiger partial charge is 0.312 e. The fourth-order valence-corrected chi connectivity index (χ4v) is 6.97. The van der Waals surface area contributed by atoms with E-state index in [0.717, 1.165) is 53.5 Å². The van der Waals surface area contributed by atoms with E-state index in [9.17, 15) is 14.4 Å². The first-order valence-corrected chi connectivity index (χ1v) is 15.4. The van der Waals surface area contributed by atoms with Crippen molar-refractivity contribution in [2.45, 2.75) is 83.5 Å². The number of hydrogen-bond donors (Lipinski definition) is 2. The van der Waals surface area contributed by atoms with Crippen LogP contribution in [0, 0.1) is 0 Å². The number of imide groups is 1. The van der Waals surface area contributed by atoms with Gasteiger partial charge in [0, 0.05) is 47.9 Å². The molecule has 3 aliphatic rings. The molecule has 2 N–H and O–H groups in total. The van der Waals surface area contributed by atoms with Gasteiger partial charge in [0.1, 0.15) is 5.54 Å². The second-order valence-electron chi connectivity index (χ2n) is 13.2. The summed E-state index contributed by atoms with van der Waals surface area (Å²) >= 11 is 0. The minimum atomic E-state index is -1.05. The summed E-state index contributed by atoms with van der Waals surface area (Å²) in [6, 6.07) is 15.6. The van der Waals surface area contributed by atoms with E-state index in [0.29, 0.717) is 18.3 Å². The number of benzene rings is 2. The van der Waals surface area contributed by atoms with Crippen LogP contribution in [0.3, 0.4) is 0 Å². The van der Waals surface area contributed by atoms with Crippen LogP contribution in [0.1, 0.15) is 65.0 Å². The van der Waals surface area contributed by atoms with Gasteiger partial charge in [0.05, 0.1) is 17.7 Å². The number of fused-ring (bicyclic) bond motifs is 2. The number of hydrogen-bond acceptors (Lipinski definition) is 6. The normalized spacial score (nSPS) is 21.6. The number of carbonyl (C=O) groups is 3. The maximum absolute atomic E-state index is 14.0. The first-order chi connectivity index (χ1) is 20.5. The molecule has 4 amide bonds. The average molecular weight is 583 g/mol. The molecular weight excluding hydrogens is 540 g/mol. The van der Waals surface area contributed by atoms with Gasteiger partial charge in [-0.2, -0.15) is 0 Å². The van der Waals surface area contributed by atoms with Crippen LogP contribution in [-0.4, -0.2) is 65.0 Å². The number of pyridine rings is 1. The lowest BCUT2D eigenvalue weighted by Gasteiger charge is -2.28. The molecule has 0 aliphatic carbocycles. The summed E-state index contributed by atoms with van der Waals surface area (Å²) in [6.07, 6.45) is 4.96. The fraction of sp³-hybridized carbons (Fsp3) is 0.471. The van der Waals surface area contributed by atoms with E-state index in [1.165, 1.54) is 4.90 Å². The van der Waals surface area contributed by atoms with Gasteiger partial charge in [-0.1, -0.05) is 45.0 Å². The second kappa shape index (κ2) is 11.0. The summed E-state index contributed by atoms with van der Waals surface area (Å²) in [5.74, 6) is -0.298. The van der Waals surface area contributed by atoms with Crippen LogP contribution in [-0.2, 0) is 21.5 Å². The van der Waals surface area contributed by atoms with Crippen molar-refractivity contribution in [2.24, 2.45) is 0 Å². The third-order valence-corrected chi connectivity index (χ3v) is 9.54. The molecule has 1 aromatic heterocycles. The molecular formula is C34H42N6O3. The quantitative estimate of drug-likeness (QED) is 0.373. The van der Waals surface area contributed by atoms with Gasteiger partial charge in [0.15, 0.2) is 0 Å². The van der Waals surface area contributed by atoms with Crippen molar-refractivity contribution in [3.05, 3.63) is 65.9 Å². The van der Waals surface area contributed by atoms with E-state index >= 15 is 0 Å². The Balaban J connectivity index is 1.27. The summed E-state index contributed by atoms with van der Waals surface area (Å²) < 4.78 is 0. The highest BCUT2D eigenvalue weighted by molar-refractivity contribution is 6.23. The van der Waals surface area contributed by atoms with Crippen molar-refractivity contribution in [2.75, 3.05) is 29.4 Å². The summed E-state index contributed by atoms with van der Waals surface area (Å²) in [6.45, 7) is 12.1. The molecule has 2 aromatic carbocycles. The third kappa shape index (κ3) is 5.08. The number of amides is 4. The summed E-state index contributed by atoms with van der Waals surface area (Å²) in [7, 11) is 0. The van der Waals surface area contributed by atoms with E-state index in [1.807, 2.05) is 53.4 Å². The highest BCUT2D eigenvalue weighted by Gasteiger charge is 2.52. The van der Waals surface area contributed by atoms with Crippen molar-refractivity contribution < 1.29 is 14.4 Å². The van der Waals surface area contributed by atoms with Crippen LogP contribution in [0.2, 0.25) is 0 Å². The lowest BCUT2D eigenvalue weighted by Crippen LogP contribution is -2.49. The van der Waals surface area contributed by atoms with Crippen LogP contribution < -0.4 is 20.4 Å². The van der Waals surface area contributed by atoms with Crippen molar-refractivity contribution >= 4 is 40.1 Å². The van der Waals surface area contributed by atoms with Gasteiger partial charge >= 0.3 is 6.03 Å². The Labute approximate surface area is 253 Å². The highest BCUT2D eigenvalue weighted by Crippen LogP contribution is 2.44. The Bertz CT molecular complexity index is 1570. The Morgan fingerprint density at radius 1 is 1.12 bits per heavy atom. The minimum absolute atomic E-state index is 0.00832. The molecule has 43 heavy (non-hydrogen) atoms. The zero-order valence-electron chi connectivity index (χ0n) is 25.8. The van der Waals surface area contributed by atoms with E-state index < -0.39 is 5.54 Å². The molecule has 9 nitrogen and oxygen atoms in total. The number of nitrogens with one attached hydrogen (secondary N) is 2. The molecule has 2 atom stereocenters. The van der Waals surface area contributed by atoms with Gasteiger partial charge in [0.2, 0.25) is 5.91 Å².